The van der Waals surface area contributed by atoms with Gasteiger partial charge in [-0.25, -0.2) is 0 Å². The maximum Gasteiger partial charge on any atom is 0.217 e. The van der Waals surface area contributed by atoms with Gasteiger partial charge in [0.15, 0.2) is 5.43 Å². The van der Waals surface area contributed by atoms with Crippen LogP contribution >= 0.6 is 0 Å². The fraction of sp³-hybridized carbons (Fsp3) is 0.412. The smallest absolute Gasteiger partial charge is 0.217 e. The Balaban J connectivity index is 1.76. The molecule has 5 heteroatoms. The van der Waals surface area contributed by atoms with Crippen molar-refractivity contribution >= 4 is 16.8 Å². The molecule has 1 atom stereocenters. The normalized spacial score (nSPS) is 18.7. The molecule has 2 N–H and O–H groups in total. The lowest BCUT2D eigenvalue weighted by Crippen LogP contribution is -2.35. The minimum atomic E-state index is 0.0151. The summed E-state index contributed by atoms with van der Waals surface area (Å²) >= 11 is 0. The summed E-state index contributed by atoms with van der Waals surface area (Å²) < 4.78 is 0. The molecule has 1 saturated heterocycles. The van der Waals surface area contributed by atoms with Crippen molar-refractivity contribution < 1.29 is 4.79 Å². The van der Waals surface area contributed by atoms with Gasteiger partial charge in [0.05, 0.1) is 0 Å². The first-order valence-electron chi connectivity index (χ1n) is 7.63. The number of nitrogens with zero attached hydrogens (tertiary/aromatic N) is 1. The van der Waals surface area contributed by atoms with Crippen molar-refractivity contribution in [3.8, 4) is 0 Å². The topological polar surface area (TPSA) is 65.2 Å². The van der Waals surface area contributed by atoms with Crippen LogP contribution in [-0.4, -0.2) is 34.9 Å². The maximum atomic E-state index is 12.2. The second-order valence-corrected chi connectivity index (χ2v) is 6.13. The minimum Gasteiger partial charge on any atom is -0.357 e. The molecule has 2 aromatic rings. The Morgan fingerprint density at radius 1 is 1.41 bits per heavy atom. The van der Waals surface area contributed by atoms with E-state index in [-0.39, 0.29) is 17.4 Å². The van der Waals surface area contributed by atoms with E-state index in [4.69, 9.17) is 0 Å². The molecule has 0 bridgehead atoms. The van der Waals surface area contributed by atoms with Gasteiger partial charge in [0.1, 0.15) is 0 Å². The Morgan fingerprint density at radius 2 is 2.23 bits per heavy atom. The fourth-order valence-corrected chi connectivity index (χ4v) is 3.12. The van der Waals surface area contributed by atoms with Gasteiger partial charge in [-0.05, 0) is 25.5 Å². The first-order valence-corrected chi connectivity index (χ1v) is 7.63. The van der Waals surface area contributed by atoms with Gasteiger partial charge in [0.2, 0.25) is 5.91 Å². The van der Waals surface area contributed by atoms with E-state index in [1.54, 1.807) is 13.0 Å². The number of aromatic nitrogens is 1. The molecule has 0 spiro atoms. The number of benzene rings is 1. The molecule has 1 aliphatic rings. The summed E-state index contributed by atoms with van der Waals surface area (Å²) in [7, 11) is 0. The summed E-state index contributed by atoms with van der Waals surface area (Å²) in [5.41, 5.74) is 2.95. The summed E-state index contributed by atoms with van der Waals surface area (Å²) in [6.45, 7) is 5.99. The number of hydrogen-bond donors (Lipinski definition) is 2. The zero-order valence-corrected chi connectivity index (χ0v) is 13.0. The Kier molecular flexibility index (Phi) is 3.98. The van der Waals surface area contributed by atoms with Gasteiger partial charge in [-0.15, -0.1) is 0 Å². The second kappa shape index (κ2) is 5.93. The molecule has 1 aromatic heterocycles. The highest BCUT2D eigenvalue weighted by molar-refractivity contribution is 5.79. The highest BCUT2D eigenvalue weighted by Crippen LogP contribution is 2.15. The van der Waals surface area contributed by atoms with Crippen molar-refractivity contribution in [3.05, 3.63) is 45.7 Å². The number of likely N-dealkylation sites (tertiary alicyclic amines) is 1. The molecule has 5 nitrogen and oxygen atoms in total. The van der Waals surface area contributed by atoms with E-state index >= 15 is 0 Å². The van der Waals surface area contributed by atoms with E-state index in [0.717, 1.165) is 41.7 Å². The largest absolute Gasteiger partial charge is 0.357 e. The Hall–Kier alpha value is -2.14. The molecule has 0 radical (unpaired) electrons. The molecule has 1 aliphatic heterocycles. The van der Waals surface area contributed by atoms with Crippen molar-refractivity contribution in [2.45, 2.75) is 32.9 Å². The first-order chi connectivity index (χ1) is 10.5. The molecular formula is C17H21N3O2. The van der Waals surface area contributed by atoms with Gasteiger partial charge < -0.3 is 10.3 Å². The van der Waals surface area contributed by atoms with Crippen LogP contribution in [0.3, 0.4) is 0 Å². The third kappa shape index (κ3) is 3.20. The predicted octanol–water partition coefficient (Wildman–Crippen LogP) is 1.55. The molecule has 0 saturated carbocycles. The molecule has 3 rings (SSSR count). The number of pyridine rings is 1. The molecule has 22 heavy (non-hydrogen) atoms. The number of hydrogen-bond acceptors (Lipinski definition) is 3. The highest BCUT2D eigenvalue weighted by Gasteiger charge is 2.23. The Labute approximate surface area is 129 Å². The number of H-pyrrole nitrogens is 1. The number of fused-ring (bicyclic) bond motifs is 1. The second-order valence-electron chi connectivity index (χ2n) is 6.13. The number of aryl methyl sites for hydroxylation is 1. The van der Waals surface area contributed by atoms with Gasteiger partial charge >= 0.3 is 0 Å². The van der Waals surface area contributed by atoms with Crippen LogP contribution in [0.2, 0.25) is 0 Å². The lowest BCUT2D eigenvalue weighted by molar-refractivity contribution is -0.119. The van der Waals surface area contributed by atoms with Crippen molar-refractivity contribution in [2.75, 3.05) is 13.1 Å². The zero-order valence-electron chi connectivity index (χ0n) is 13.0. The lowest BCUT2D eigenvalue weighted by Gasteiger charge is -2.16. The zero-order chi connectivity index (χ0) is 15.7. The lowest BCUT2D eigenvalue weighted by atomic mass is 10.1. The number of aromatic amines is 1. The molecule has 0 unspecified atom stereocenters. The average Bonchev–Trinajstić information content (AvgIpc) is 2.86. The summed E-state index contributed by atoms with van der Waals surface area (Å²) in [6, 6.07) is 7.78. The van der Waals surface area contributed by atoms with Crippen LogP contribution in [-0.2, 0) is 11.3 Å². The van der Waals surface area contributed by atoms with E-state index in [2.05, 4.69) is 15.2 Å². The van der Waals surface area contributed by atoms with Crippen LogP contribution in [0.25, 0.3) is 10.9 Å². The van der Waals surface area contributed by atoms with Crippen molar-refractivity contribution in [3.63, 3.8) is 0 Å². The van der Waals surface area contributed by atoms with E-state index in [0.29, 0.717) is 6.54 Å². The van der Waals surface area contributed by atoms with E-state index in [1.807, 2.05) is 25.1 Å². The van der Waals surface area contributed by atoms with Crippen LogP contribution in [0.1, 0.15) is 24.6 Å². The summed E-state index contributed by atoms with van der Waals surface area (Å²) in [5, 5.41) is 3.69. The SMILES string of the molecule is CC(=O)N[C@@H]1CCN(Cc2cc(=O)c3cc(C)ccc3[nH]2)C1. The molecule has 1 fully saturated rings. The van der Waals surface area contributed by atoms with Crippen molar-refractivity contribution in [1.82, 2.24) is 15.2 Å². The van der Waals surface area contributed by atoms with E-state index in [1.165, 1.54) is 0 Å². The van der Waals surface area contributed by atoms with E-state index < -0.39 is 0 Å². The van der Waals surface area contributed by atoms with E-state index in [9.17, 15) is 9.59 Å². The summed E-state index contributed by atoms with van der Waals surface area (Å²) in [6.07, 6.45) is 0.955. The average molecular weight is 299 g/mol. The molecule has 0 aliphatic carbocycles. The van der Waals surface area contributed by atoms with Crippen LogP contribution in [0.4, 0.5) is 0 Å². The standard InChI is InChI=1S/C17H21N3O2/c1-11-3-4-16-15(7-11)17(22)8-14(19-16)10-20-6-5-13(9-20)18-12(2)21/h3-4,7-8,13H,5-6,9-10H2,1-2H3,(H,18,21)(H,19,22)/t13-/m1/s1. The van der Waals surface area contributed by atoms with Crippen molar-refractivity contribution in [1.29, 1.82) is 0 Å². The van der Waals surface area contributed by atoms with Gasteiger partial charge in [0.25, 0.3) is 0 Å². The summed E-state index contributed by atoms with van der Waals surface area (Å²) in [4.78, 5) is 29.0. The number of carbonyl (C=O) groups is 1. The predicted molar refractivity (Wildman–Crippen MR) is 86.8 cm³/mol. The maximum absolute atomic E-state index is 12.2. The molecule has 1 amide bonds. The molecule has 2 heterocycles. The summed E-state index contributed by atoms with van der Waals surface area (Å²) in [5.74, 6) is 0.0151. The van der Waals surface area contributed by atoms with Crippen molar-refractivity contribution in [2.24, 2.45) is 0 Å². The number of amides is 1. The number of carbonyl (C=O) groups excluding carboxylic acids is 1. The number of rotatable bonds is 3. The molecule has 116 valence electrons. The molecular weight excluding hydrogens is 278 g/mol. The minimum absolute atomic E-state index is 0.0151. The van der Waals surface area contributed by atoms with Gasteiger partial charge in [-0.3, -0.25) is 14.5 Å². The Bertz CT molecular complexity index is 766. The Morgan fingerprint density at radius 3 is 3.00 bits per heavy atom. The fourth-order valence-electron chi connectivity index (χ4n) is 3.12. The van der Waals surface area contributed by atoms with Crippen LogP contribution < -0.4 is 10.7 Å². The number of nitrogens with one attached hydrogen (secondary N) is 2. The van der Waals surface area contributed by atoms with Crippen LogP contribution in [0.5, 0.6) is 0 Å². The van der Waals surface area contributed by atoms with Crippen LogP contribution in [0, 0.1) is 6.92 Å². The first kappa shape index (κ1) is 14.8. The van der Waals surface area contributed by atoms with Gasteiger partial charge in [-0.2, -0.15) is 0 Å². The third-order valence-corrected chi connectivity index (χ3v) is 4.11. The monoisotopic (exact) mass is 299 g/mol. The van der Waals surface area contributed by atoms with Crippen LogP contribution in [0.15, 0.2) is 29.1 Å². The highest BCUT2D eigenvalue weighted by atomic mass is 16.1. The quantitative estimate of drug-likeness (QED) is 0.903. The molecule has 1 aromatic carbocycles. The van der Waals surface area contributed by atoms with Gasteiger partial charge in [0, 0.05) is 55.3 Å². The third-order valence-electron chi connectivity index (χ3n) is 4.11. The van der Waals surface area contributed by atoms with Gasteiger partial charge in [-0.1, -0.05) is 11.6 Å².